The van der Waals surface area contributed by atoms with Crippen molar-refractivity contribution in [2.75, 3.05) is 51.6 Å². The summed E-state index contributed by atoms with van der Waals surface area (Å²) in [5, 5.41) is 5.76. The molecule has 1 aromatic carbocycles. The third-order valence-corrected chi connectivity index (χ3v) is 7.89. The van der Waals surface area contributed by atoms with Crippen LogP contribution in [0.15, 0.2) is 45.3 Å². The third kappa shape index (κ3) is 3.95. The molecule has 1 fully saturated rings. The molecule has 4 rings (SSSR count). The van der Waals surface area contributed by atoms with E-state index in [0.717, 1.165) is 37.0 Å². The molecule has 0 bridgehead atoms. The molecule has 1 saturated heterocycles. The predicted molar refractivity (Wildman–Crippen MR) is 111 cm³/mol. The molecular weight excluding hydrogens is 398 g/mol. The molecule has 0 saturated carbocycles. The Labute approximate surface area is 169 Å². The minimum atomic E-state index is -3.50. The predicted octanol–water partition coefficient (Wildman–Crippen LogP) is 1.21. The molecule has 150 valence electrons. The van der Waals surface area contributed by atoms with Crippen molar-refractivity contribution >= 4 is 38.5 Å². The van der Waals surface area contributed by atoms with Crippen LogP contribution >= 0.6 is 11.8 Å². The van der Waals surface area contributed by atoms with Gasteiger partial charge in [0.2, 0.25) is 15.9 Å². The average Bonchev–Trinajstić information content (AvgIpc) is 3.28. The van der Waals surface area contributed by atoms with Crippen molar-refractivity contribution in [1.82, 2.24) is 14.1 Å². The Bertz CT molecular complexity index is 919. The lowest BCUT2D eigenvalue weighted by molar-refractivity contribution is -0.115. The van der Waals surface area contributed by atoms with E-state index in [-0.39, 0.29) is 17.2 Å². The summed E-state index contributed by atoms with van der Waals surface area (Å²) in [6.45, 7) is 4.03. The van der Waals surface area contributed by atoms with Crippen molar-refractivity contribution < 1.29 is 13.2 Å². The second-order valence-electron chi connectivity index (χ2n) is 7.00. The first-order chi connectivity index (χ1) is 13.4. The van der Waals surface area contributed by atoms with Gasteiger partial charge in [0, 0.05) is 44.1 Å². The quantitative estimate of drug-likeness (QED) is 0.769. The van der Waals surface area contributed by atoms with E-state index in [9.17, 15) is 13.2 Å². The van der Waals surface area contributed by atoms with Gasteiger partial charge in [-0.1, -0.05) is 11.8 Å². The molecule has 3 aliphatic heterocycles. The smallest absolute Gasteiger partial charge is 0.243 e. The van der Waals surface area contributed by atoms with Gasteiger partial charge in [0.05, 0.1) is 17.9 Å². The Kier molecular flexibility index (Phi) is 5.46. The highest BCUT2D eigenvalue weighted by Crippen LogP contribution is 2.31. The number of thioether (sulfide) groups is 1. The minimum absolute atomic E-state index is 0.130. The SMILES string of the molecule is CN1CCN(S(=O)(=O)c2ccc(NC(=O)CC3=CSC4=NCCN34)cc2)CC1. The zero-order chi connectivity index (χ0) is 19.7. The molecule has 1 amide bonds. The maximum atomic E-state index is 12.8. The Morgan fingerprint density at radius 2 is 1.86 bits per heavy atom. The summed E-state index contributed by atoms with van der Waals surface area (Å²) in [7, 11) is -1.51. The molecule has 3 heterocycles. The molecule has 0 radical (unpaired) electrons. The molecule has 0 unspecified atom stereocenters. The van der Waals surface area contributed by atoms with E-state index in [0.29, 0.717) is 18.8 Å². The Balaban J connectivity index is 1.37. The fourth-order valence-corrected chi connectivity index (χ4v) is 5.75. The van der Waals surface area contributed by atoms with Crippen LogP contribution < -0.4 is 5.32 Å². The number of carbonyl (C=O) groups is 1. The number of amides is 1. The summed E-state index contributed by atoms with van der Waals surface area (Å²) in [5.74, 6) is -0.130. The summed E-state index contributed by atoms with van der Waals surface area (Å²) in [4.78, 5) is 21.2. The topological polar surface area (TPSA) is 85.3 Å². The molecule has 0 aliphatic carbocycles. The number of aliphatic imine (C=N–C) groups is 1. The summed E-state index contributed by atoms with van der Waals surface area (Å²) >= 11 is 1.55. The molecule has 1 N–H and O–H groups in total. The average molecular weight is 422 g/mol. The summed E-state index contributed by atoms with van der Waals surface area (Å²) in [6.07, 6.45) is 0.271. The Morgan fingerprint density at radius 3 is 2.57 bits per heavy atom. The normalized spacial score (nSPS) is 20.7. The van der Waals surface area contributed by atoms with Crippen molar-refractivity contribution in [2.24, 2.45) is 4.99 Å². The second kappa shape index (κ2) is 7.86. The molecular formula is C18H23N5O3S2. The number of anilines is 1. The standard InChI is InChI=1S/C18H23N5O3S2/c1-21-8-10-22(11-9-21)28(25,26)16-4-2-14(3-5-16)20-17(24)12-15-13-27-18-19-6-7-23(15)18/h2-5,13H,6-12H2,1H3,(H,20,24). The van der Waals surface area contributed by atoms with Gasteiger partial charge >= 0.3 is 0 Å². The highest BCUT2D eigenvalue weighted by molar-refractivity contribution is 8.16. The molecule has 0 spiro atoms. The van der Waals surface area contributed by atoms with Gasteiger partial charge < -0.3 is 15.1 Å². The van der Waals surface area contributed by atoms with E-state index >= 15 is 0 Å². The van der Waals surface area contributed by atoms with Crippen LogP contribution in [-0.2, 0) is 14.8 Å². The zero-order valence-corrected chi connectivity index (χ0v) is 17.3. The van der Waals surface area contributed by atoms with Crippen LogP contribution in [0.2, 0.25) is 0 Å². The van der Waals surface area contributed by atoms with E-state index in [1.165, 1.54) is 4.31 Å². The molecule has 0 atom stereocenters. The van der Waals surface area contributed by atoms with Crippen LogP contribution in [0.1, 0.15) is 6.42 Å². The van der Waals surface area contributed by atoms with E-state index in [1.807, 2.05) is 12.5 Å². The number of likely N-dealkylation sites (N-methyl/N-ethyl adjacent to an activating group) is 1. The van der Waals surface area contributed by atoms with Crippen LogP contribution in [0.4, 0.5) is 5.69 Å². The van der Waals surface area contributed by atoms with Crippen molar-refractivity contribution in [3.05, 3.63) is 35.4 Å². The van der Waals surface area contributed by atoms with Crippen LogP contribution in [0.25, 0.3) is 0 Å². The van der Waals surface area contributed by atoms with Crippen molar-refractivity contribution in [2.45, 2.75) is 11.3 Å². The maximum absolute atomic E-state index is 12.8. The van der Waals surface area contributed by atoms with Crippen molar-refractivity contribution in [3.8, 4) is 0 Å². The lowest BCUT2D eigenvalue weighted by atomic mass is 10.2. The first kappa shape index (κ1) is 19.4. The highest BCUT2D eigenvalue weighted by Gasteiger charge is 2.28. The van der Waals surface area contributed by atoms with Crippen LogP contribution in [0.3, 0.4) is 0 Å². The lowest BCUT2D eigenvalue weighted by Crippen LogP contribution is -2.46. The fraction of sp³-hybridized carbons (Fsp3) is 0.444. The van der Waals surface area contributed by atoms with E-state index < -0.39 is 10.0 Å². The van der Waals surface area contributed by atoms with Gasteiger partial charge in [0.1, 0.15) is 0 Å². The van der Waals surface area contributed by atoms with Crippen LogP contribution in [-0.4, -0.2) is 79.9 Å². The van der Waals surface area contributed by atoms with Gasteiger partial charge in [0.25, 0.3) is 0 Å². The van der Waals surface area contributed by atoms with Gasteiger partial charge in [-0.15, -0.1) is 0 Å². The molecule has 8 nitrogen and oxygen atoms in total. The first-order valence-electron chi connectivity index (χ1n) is 9.20. The number of benzene rings is 1. The lowest BCUT2D eigenvalue weighted by Gasteiger charge is -2.31. The Hall–Kier alpha value is -1.88. The zero-order valence-electron chi connectivity index (χ0n) is 15.7. The van der Waals surface area contributed by atoms with Crippen LogP contribution in [0.5, 0.6) is 0 Å². The number of fused-ring (bicyclic) bond motifs is 1. The van der Waals surface area contributed by atoms with Gasteiger partial charge in [-0.3, -0.25) is 9.79 Å². The van der Waals surface area contributed by atoms with Gasteiger partial charge in [-0.2, -0.15) is 4.31 Å². The van der Waals surface area contributed by atoms with E-state index in [4.69, 9.17) is 0 Å². The summed E-state index contributed by atoms with van der Waals surface area (Å²) in [5.41, 5.74) is 1.54. The first-order valence-corrected chi connectivity index (χ1v) is 11.5. The minimum Gasteiger partial charge on any atom is -0.326 e. The maximum Gasteiger partial charge on any atom is 0.243 e. The van der Waals surface area contributed by atoms with Gasteiger partial charge in [0.15, 0.2) is 5.17 Å². The molecule has 1 aromatic rings. The van der Waals surface area contributed by atoms with E-state index in [1.54, 1.807) is 36.0 Å². The number of hydrogen-bond acceptors (Lipinski definition) is 7. The van der Waals surface area contributed by atoms with Gasteiger partial charge in [-0.05, 0) is 36.7 Å². The third-order valence-electron chi connectivity index (χ3n) is 5.03. The van der Waals surface area contributed by atoms with Crippen LogP contribution in [0, 0.1) is 0 Å². The number of carbonyl (C=O) groups excluding carboxylic acids is 1. The number of hydrogen-bond donors (Lipinski definition) is 1. The van der Waals surface area contributed by atoms with Crippen molar-refractivity contribution in [1.29, 1.82) is 0 Å². The molecule has 28 heavy (non-hydrogen) atoms. The number of nitrogens with zero attached hydrogens (tertiary/aromatic N) is 4. The highest BCUT2D eigenvalue weighted by atomic mass is 32.2. The Morgan fingerprint density at radius 1 is 1.14 bits per heavy atom. The largest absolute Gasteiger partial charge is 0.326 e. The second-order valence-corrected chi connectivity index (χ2v) is 9.77. The van der Waals surface area contributed by atoms with E-state index in [2.05, 4.69) is 20.1 Å². The number of nitrogens with one attached hydrogen (secondary N) is 1. The van der Waals surface area contributed by atoms with Gasteiger partial charge in [-0.25, -0.2) is 8.42 Å². The monoisotopic (exact) mass is 421 g/mol. The number of rotatable bonds is 5. The fourth-order valence-electron chi connectivity index (χ4n) is 3.37. The number of piperazine rings is 1. The summed E-state index contributed by atoms with van der Waals surface area (Å²) < 4.78 is 27.0. The summed E-state index contributed by atoms with van der Waals surface area (Å²) in [6, 6.07) is 6.39. The van der Waals surface area contributed by atoms with Crippen molar-refractivity contribution in [3.63, 3.8) is 0 Å². The molecule has 3 aliphatic rings. The molecule has 0 aromatic heterocycles. The number of amidine groups is 1. The molecule has 10 heteroatoms. The number of sulfonamides is 1.